The van der Waals surface area contributed by atoms with Crippen molar-refractivity contribution in [1.82, 2.24) is 14.9 Å². The van der Waals surface area contributed by atoms with Crippen LogP contribution in [0.4, 0.5) is 0 Å². The zero-order valence-corrected chi connectivity index (χ0v) is 15.2. The minimum atomic E-state index is -0.0486. The van der Waals surface area contributed by atoms with Gasteiger partial charge in [-0.3, -0.25) is 4.79 Å². The zero-order chi connectivity index (χ0) is 18.5. The molecule has 5 heteroatoms. The minimum absolute atomic E-state index is 0.0486. The quantitative estimate of drug-likeness (QED) is 0.733. The number of hydrogen-bond acceptors (Lipinski definition) is 3. The predicted octanol–water partition coefficient (Wildman–Crippen LogP) is 3.35. The number of hydrogen-bond donors (Lipinski definition) is 1. The summed E-state index contributed by atoms with van der Waals surface area (Å²) in [5.41, 5.74) is 2.89. The molecule has 1 amide bonds. The van der Waals surface area contributed by atoms with Crippen LogP contribution < -0.4 is 5.32 Å². The van der Waals surface area contributed by atoms with Crippen LogP contribution in [0.5, 0.6) is 0 Å². The van der Waals surface area contributed by atoms with Crippen LogP contribution in [-0.2, 0) is 11.2 Å². The lowest BCUT2D eigenvalue weighted by Gasteiger charge is -2.12. The zero-order valence-electron chi connectivity index (χ0n) is 15.2. The maximum atomic E-state index is 12.4. The molecule has 0 bridgehead atoms. The molecule has 5 nitrogen and oxygen atoms in total. The van der Waals surface area contributed by atoms with Crippen molar-refractivity contribution in [2.45, 2.75) is 18.8 Å². The molecular formula is C22H23N3O2. The molecule has 27 heavy (non-hydrogen) atoms. The minimum Gasteiger partial charge on any atom is -0.381 e. The van der Waals surface area contributed by atoms with Gasteiger partial charge in [-0.2, -0.15) is 0 Å². The number of ether oxygens (including phenoxy) is 1. The molecule has 0 aliphatic carbocycles. The molecule has 1 atom stereocenters. The average molecular weight is 361 g/mol. The molecule has 1 fully saturated rings. The van der Waals surface area contributed by atoms with Gasteiger partial charge in [0.05, 0.1) is 6.61 Å². The van der Waals surface area contributed by atoms with E-state index in [2.05, 4.69) is 27.0 Å². The molecule has 1 aliphatic rings. The first-order valence-corrected chi connectivity index (χ1v) is 9.35. The van der Waals surface area contributed by atoms with Gasteiger partial charge in [0.2, 0.25) is 0 Å². The highest BCUT2D eigenvalue weighted by molar-refractivity contribution is 5.94. The molecule has 0 unspecified atom stereocenters. The second kappa shape index (κ2) is 8.18. The van der Waals surface area contributed by atoms with E-state index in [1.807, 2.05) is 54.9 Å². The van der Waals surface area contributed by atoms with Crippen molar-refractivity contribution in [3.8, 4) is 5.69 Å². The van der Waals surface area contributed by atoms with E-state index in [0.29, 0.717) is 18.0 Å². The van der Waals surface area contributed by atoms with Crippen LogP contribution >= 0.6 is 0 Å². The summed E-state index contributed by atoms with van der Waals surface area (Å²) in [7, 11) is 0. The number of imidazole rings is 1. The standard InChI is InChI=1S/C22H23N3O2/c26-22(24-12-10-17-4-2-1-3-5-17)18-6-8-20(9-7-18)25-14-13-23-21(25)19-11-15-27-16-19/h1-9,13-14,19H,10-12,15-16H2,(H,24,26)/t19-/m1/s1. The van der Waals surface area contributed by atoms with Gasteiger partial charge in [-0.05, 0) is 42.7 Å². The van der Waals surface area contributed by atoms with E-state index in [1.165, 1.54) is 5.56 Å². The number of benzene rings is 2. The first-order chi connectivity index (χ1) is 13.3. The van der Waals surface area contributed by atoms with Crippen molar-refractivity contribution in [3.05, 3.63) is 83.9 Å². The van der Waals surface area contributed by atoms with Gasteiger partial charge in [-0.1, -0.05) is 30.3 Å². The lowest BCUT2D eigenvalue weighted by Crippen LogP contribution is -2.25. The Morgan fingerprint density at radius 3 is 2.70 bits per heavy atom. The maximum Gasteiger partial charge on any atom is 0.251 e. The van der Waals surface area contributed by atoms with Crippen molar-refractivity contribution >= 4 is 5.91 Å². The fourth-order valence-electron chi connectivity index (χ4n) is 3.41. The molecule has 138 valence electrons. The summed E-state index contributed by atoms with van der Waals surface area (Å²) >= 11 is 0. The van der Waals surface area contributed by atoms with Gasteiger partial charge in [0.1, 0.15) is 5.82 Å². The predicted molar refractivity (Wildman–Crippen MR) is 104 cm³/mol. The highest BCUT2D eigenvalue weighted by atomic mass is 16.5. The summed E-state index contributed by atoms with van der Waals surface area (Å²) in [6.45, 7) is 2.14. The van der Waals surface area contributed by atoms with Crippen molar-refractivity contribution in [2.24, 2.45) is 0 Å². The number of carbonyl (C=O) groups is 1. The molecule has 0 saturated carbocycles. The second-order valence-electron chi connectivity index (χ2n) is 6.75. The Kier molecular flexibility index (Phi) is 5.30. The normalized spacial score (nSPS) is 16.4. The van der Waals surface area contributed by atoms with Gasteiger partial charge >= 0.3 is 0 Å². The average Bonchev–Trinajstić information content (AvgIpc) is 3.40. The summed E-state index contributed by atoms with van der Waals surface area (Å²) in [5.74, 6) is 1.31. The van der Waals surface area contributed by atoms with Gasteiger partial charge in [-0.15, -0.1) is 0 Å². The highest BCUT2D eigenvalue weighted by Gasteiger charge is 2.22. The summed E-state index contributed by atoms with van der Waals surface area (Å²) < 4.78 is 7.57. The number of nitrogens with one attached hydrogen (secondary N) is 1. The van der Waals surface area contributed by atoms with Crippen LogP contribution in [0.2, 0.25) is 0 Å². The first-order valence-electron chi connectivity index (χ1n) is 9.35. The molecule has 1 aliphatic heterocycles. The van der Waals surface area contributed by atoms with Crippen molar-refractivity contribution < 1.29 is 9.53 Å². The van der Waals surface area contributed by atoms with Gasteiger partial charge in [-0.25, -0.2) is 4.98 Å². The fraction of sp³-hybridized carbons (Fsp3) is 0.273. The Labute approximate surface area is 159 Å². The van der Waals surface area contributed by atoms with Crippen LogP contribution in [0, 0.1) is 0 Å². The van der Waals surface area contributed by atoms with Crippen molar-refractivity contribution in [3.63, 3.8) is 0 Å². The van der Waals surface area contributed by atoms with Gasteiger partial charge in [0.15, 0.2) is 0 Å². The van der Waals surface area contributed by atoms with Gasteiger partial charge < -0.3 is 14.6 Å². The lowest BCUT2D eigenvalue weighted by molar-refractivity contribution is 0.0954. The first kappa shape index (κ1) is 17.5. The summed E-state index contributed by atoms with van der Waals surface area (Å²) in [6, 6.07) is 17.8. The Morgan fingerprint density at radius 1 is 1.15 bits per heavy atom. The summed E-state index contributed by atoms with van der Waals surface area (Å²) in [5, 5.41) is 2.98. The molecule has 4 rings (SSSR count). The summed E-state index contributed by atoms with van der Waals surface area (Å²) in [4.78, 5) is 16.9. The largest absolute Gasteiger partial charge is 0.381 e. The SMILES string of the molecule is O=C(NCCc1ccccc1)c1ccc(-n2ccnc2[C@@H]2CCOC2)cc1. The Hall–Kier alpha value is -2.92. The molecule has 1 aromatic heterocycles. The Balaban J connectivity index is 1.39. The lowest BCUT2D eigenvalue weighted by atomic mass is 10.1. The Morgan fingerprint density at radius 2 is 1.96 bits per heavy atom. The smallest absolute Gasteiger partial charge is 0.251 e. The molecule has 0 radical (unpaired) electrons. The third kappa shape index (κ3) is 4.09. The number of rotatable bonds is 6. The maximum absolute atomic E-state index is 12.4. The summed E-state index contributed by atoms with van der Waals surface area (Å²) in [6.07, 6.45) is 5.60. The van der Waals surface area contributed by atoms with E-state index >= 15 is 0 Å². The molecule has 1 N–H and O–H groups in total. The Bertz CT molecular complexity index is 881. The molecule has 3 aromatic rings. The van der Waals surface area contributed by atoms with E-state index in [4.69, 9.17) is 4.74 Å². The van der Waals surface area contributed by atoms with E-state index in [-0.39, 0.29) is 5.91 Å². The van der Waals surface area contributed by atoms with Crippen LogP contribution in [0.15, 0.2) is 67.0 Å². The molecule has 1 saturated heterocycles. The van der Waals surface area contributed by atoms with Crippen LogP contribution in [0.3, 0.4) is 0 Å². The fourth-order valence-corrected chi connectivity index (χ4v) is 3.41. The topological polar surface area (TPSA) is 56.2 Å². The monoisotopic (exact) mass is 361 g/mol. The molecular weight excluding hydrogens is 338 g/mol. The van der Waals surface area contributed by atoms with Crippen LogP contribution in [0.25, 0.3) is 5.69 Å². The third-order valence-electron chi connectivity index (χ3n) is 4.91. The second-order valence-corrected chi connectivity index (χ2v) is 6.75. The van der Waals surface area contributed by atoms with E-state index in [0.717, 1.165) is 37.6 Å². The van der Waals surface area contributed by atoms with Crippen LogP contribution in [-0.4, -0.2) is 35.2 Å². The van der Waals surface area contributed by atoms with E-state index in [9.17, 15) is 4.79 Å². The number of amides is 1. The number of nitrogens with zero attached hydrogens (tertiary/aromatic N) is 2. The number of aromatic nitrogens is 2. The highest BCUT2D eigenvalue weighted by Crippen LogP contribution is 2.26. The van der Waals surface area contributed by atoms with Crippen LogP contribution in [0.1, 0.15) is 34.1 Å². The molecule has 0 spiro atoms. The van der Waals surface area contributed by atoms with E-state index < -0.39 is 0 Å². The molecule has 2 aromatic carbocycles. The van der Waals surface area contributed by atoms with Crippen molar-refractivity contribution in [2.75, 3.05) is 19.8 Å². The molecule has 2 heterocycles. The third-order valence-corrected chi connectivity index (χ3v) is 4.91. The van der Waals surface area contributed by atoms with Gasteiger partial charge in [0.25, 0.3) is 5.91 Å². The number of carbonyl (C=O) groups excluding carboxylic acids is 1. The van der Waals surface area contributed by atoms with Crippen molar-refractivity contribution in [1.29, 1.82) is 0 Å². The van der Waals surface area contributed by atoms with Gasteiger partial charge in [0, 0.05) is 42.7 Å². The van der Waals surface area contributed by atoms with E-state index in [1.54, 1.807) is 0 Å².